The minimum Gasteiger partial charge on any atom is -0.465 e. The third-order valence-electron chi connectivity index (χ3n) is 6.12. The Hall–Kier alpha value is -4.19. The molecule has 0 aliphatic heterocycles. The van der Waals surface area contributed by atoms with Crippen LogP contribution in [-0.4, -0.2) is 58.6 Å². The number of hydrogen-bond donors (Lipinski definition) is 4. The zero-order valence-electron chi connectivity index (χ0n) is 19.3. The molecule has 1 saturated carbocycles. The molecule has 2 amide bonds. The van der Waals surface area contributed by atoms with Crippen molar-refractivity contribution in [1.82, 2.24) is 40.0 Å². The van der Waals surface area contributed by atoms with Gasteiger partial charge >= 0.3 is 6.09 Å². The standard InChI is InChI=1S/C23H24ClN9O3/c1-32-12-16(8-27-32)29-20-6-19(17-10-28-33-11-13(24)7-26-21(17)33)25-9-18(20)22(34)30-14-2-4-15(5-3-14)31-23(35)36/h6-12,14-15,31H,2-5H2,1H3,(H,25,29)(H,30,34)(H,35,36). The van der Waals surface area contributed by atoms with Gasteiger partial charge in [-0.15, -0.1) is 0 Å². The molecule has 1 aliphatic carbocycles. The van der Waals surface area contributed by atoms with Crippen molar-refractivity contribution >= 4 is 40.6 Å². The van der Waals surface area contributed by atoms with Gasteiger partial charge in [0.05, 0.1) is 51.8 Å². The zero-order valence-corrected chi connectivity index (χ0v) is 20.1. The van der Waals surface area contributed by atoms with Gasteiger partial charge in [0.1, 0.15) is 0 Å². The summed E-state index contributed by atoms with van der Waals surface area (Å²) in [7, 11) is 1.81. The minimum atomic E-state index is -1.02. The highest BCUT2D eigenvalue weighted by Crippen LogP contribution is 2.29. The Balaban J connectivity index is 1.41. The van der Waals surface area contributed by atoms with Gasteiger partial charge in [-0.3, -0.25) is 14.5 Å². The van der Waals surface area contributed by atoms with Crippen LogP contribution in [0.2, 0.25) is 5.02 Å². The van der Waals surface area contributed by atoms with Crippen LogP contribution in [0.25, 0.3) is 16.9 Å². The number of fused-ring (bicyclic) bond motifs is 1. The van der Waals surface area contributed by atoms with Gasteiger partial charge in [-0.1, -0.05) is 11.6 Å². The lowest BCUT2D eigenvalue weighted by Crippen LogP contribution is -2.43. The van der Waals surface area contributed by atoms with Gasteiger partial charge in [0.2, 0.25) is 0 Å². The first kappa shape index (κ1) is 23.5. The average molecular weight is 510 g/mol. The predicted molar refractivity (Wildman–Crippen MR) is 132 cm³/mol. The number of aromatic nitrogens is 6. The van der Waals surface area contributed by atoms with Crippen LogP contribution in [0.1, 0.15) is 36.0 Å². The quantitative estimate of drug-likeness (QED) is 0.309. The first-order chi connectivity index (χ1) is 17.4. The van der Waals surface area contributed by atoms with Crippen molar-refractivity contribution in [2.24, 2.45) is 7.05 Å². The van der Waals surface area contributed by atoms with Crippen LogP contribution in [0.15, 0.2) is 43.2 Å². The summed E-state index contributed by atoms with van der Waals surface area (Å²) in [6, 6.07) is 1.64. The van der Waals surface area contributed by atoms with Gasteiger partial charge in [0, 0.05) is 37.7 Å². The summed E-state index contributed by atoms with van der Waals surface area (Å²) < 4.78 is 3.23. The third kappa shape index (κ3) is 5.08. The molecule has 0 radical (unpaired) electrons. The fourth-order valence-electron chi connectivity index (χ4n) is 4.38. The van der Waals surface area contributed by atoms with Crippen molar-refractivity contribution < 1.29 is 14.7 Å². The first-order valence-corrected chi connectivity index (χ1v) is 11.8. The van der Waals surface area contributed by atoms with Gasteiger partial charge in [-0.25, -0.2) is 14.3 Å². The van der Waals surface area contributed by atoms with Crippen LogP contribution in [0.3, 0.4) is 0 Å². The maximum Gasteiger partial charge on any atom is 0.404 e. The second-order valence-electron chi connectivity index (χ2n) is 8.71. The second kappa shape index (κ2) is 9.82. The number of nitrogens with zero attached hydrogens (tertiary/aromatic N) is 6. The van der Waals surface area contributed by atoms with E-state index in [-0.39, 0.29) is 18.0 Å². The Labute approximate surface area is 210 Å². The number of pyridine rings is 1. The molecule has 0 saturated heterocycles. The Morgan fingerprint density at radius 2 is 1.75 bits per heavy atom. The Morgan fingerprint density at radius 1 is 1.00 bits per heavy atom. The van der Waals surface area contributed by atoms with Crippen molar-refractivity contribution in [2.75, 3.05) is 5.32 Å². The van der Waals surface area contributed by atoms with E-state index in [1.807, 2.05) is 7.05 Å². The van der Waals surface area contributed by atoms with Crippen LogP contribution in [0.4, 0.5) is 16.2 Å². The van der Waals surface area contributed by atoms with Crippen molar-refractivity contribution in [3.8, 4) is 11.3 Å². The number of hydrogen-bond acceptors (Lipinski definition) is 7. The summed E-state index contributed by atoms with van der Waals surface area (Å²) in [6.07, 6.45) is 11.5. The van der Waals surface area contributed by atoms with Crippen LogP contribution in [-0.2, 0) is 7.05 Å². The fraction of sp³-hybridized carbons (Fsp3) is 0.304. The molecule has 36 heavy (non-hydrogen) atoms. The molecule has 0 atom stereocenters. The molecule has 5 rings (SSSR count). The lowest BCUT2D eigenvalue weighted by molar-refractivity contribution is 0.0923. The summed E-state index contributed by atoms with van der Waals surface area (Å²) in [5.74, 6) is -0.264. The van der Waals surface area contributed by atoms with Gasteiger partial charge in [0.25, 0.3) is 5.91 Å². The van der Waals surface area contributed by atoms with Crippen LogP contribution >= 0.6 is 11.6 Å². The lowest BCUT2D eigenvalue weighted by Gasteiger charge is -2.29. The van der Waals surface area contributed by atoms with Gasteiger partial charge in [-0.2, -0.15) is 10.2 Å². The van der Waals surface area contributed by atoms with E-state index in [2.05, 4.69) is 36.1 Å². The topological polar surface area (TPSA) is 151 Å². The number of nitrogens with one attached hydrogen (secondary N) is 3. The summed E-state index contributed by atoms with van der Waals surface area (Å²) in [5, 5.41) is 26.7. The van der Waals surface area contributed by atoms with Crippen LogP contribution < -0.4 is 16.0 Å². The third-order valence-corrected chi connectivity index (χ3v) is 6.32. The molecule has 0 unspecified atom stereocenters. The van der Waals surface area contributed by atoms with E-state index < -0.39 is 6.09 Å². The summed E-state index contributed by atoms with van der Waals surface area (Å²) in [6.45, 7) is 0. The highest BCUT2D eigenvalue weighted by atomic mass is 35.5. The molecule has 1 fully saturated rings. The van der Waals surface area contributed by atoms with Crippen molar-refractivity contribution in [3.63, 3.8) is 0 Å². The highest BCUT2D eigenvalue weighted by molar-refractivity contribution is 6.30. The predicted octanol–water partition coefficient (Wildman–Crippen LogP) is 3.23. The van der Waals surface area contributed by atoms with Crippen molar-refractivity contribution in [3.05, 3.63) is 53.8 Å². The van der Waals surface area contributed by atoms with E-state index >= 15 is 0 Å². The van der Waals surface area contributed by atoms with E-state index in [1.165, 1.54) is 6.20 Å². The number of amides is 2. The van der Waals surface area contributed by atoms with E-state index in [0.29, 0.717) is 64.5 Å². The summed E-state index contributed by atoms with van der Waals surface area (Å²) >= 11 is 6.03. The molecule has 0 aromatic carbocycles. The molecule has 4 aromatic rings. The average Bonchev–Trinajstić information content (AvgIpc) is 3.45. The number of aryl methyl sites for hydroxylation is 1. The Kier molecular flexibility index (Phi) is 6.42. The number of anilines is 2. The molecule has 186 valence electrons. The highest BCUT2D eigenvalue weighted by Gasteiger charge is 2.25. The molecule has 4 N–H and O–H groups in total. The molecule has 12 nitrogen and oxygen atoms in total. The summed E-state index contributed by atoms with van der Waals surface area (Å²) in [5.41, 5.74) is 3.51. The van der Waals surface area contributed by atoms with E-state index in [4.69, 9.17) is 16.7 Å². The van der Waals surface area contributed by atoms with E-state index in [0.717, 1.165) is 0 Å². The van der Waals surface area contributed by atoms with Gasteiger partial charge in [0.15, 0.2) is 5.65 Å². The monoisotopic (exact) mass is 509 g/mol. The smallest absolute Gasteiger partial charge is 0.404 e. The normalized spacial score (nSPS) is 17.6. The maximum atomic E-state index is 13.3. The molecule has 0 spiro atoms. The van der Waals surface area contributed by atoms with Crippen LogP contribution in [0, 0.1) is 0 Å². The van der Waals surface area contributed by atoms with Crippen molar-refractivity contribution in [1.29, 1.82) is 0 Å². The lowest BCUT2D eigenvalue weighted by atomic mass is 9.91. The van der Waals surface area contributed by atoms with Crippen molar-refractivity contribution in [2.45, 2.75) is 37.8 Å². The maximum absolute atomic E-state index is 13.3. The minimum absolute atomic E-state index is 0.0520. The molecule has 13 heteroatoms. The largest absolute Gasteiger partial charge is 0.465 e. The summed E-state index contributed by atoms with van der Waals surface area (Å²) in [4.78, 5) is 33.1. The van der Waals surface area contributed by atoms with E-state index in [9.17, 15) is 9.59 Å². The molecule has 4 aromatic heterocycles. The molecule has 1 aliphatic rings. The first-order valence-electron chi connectivity index (χ1n) is 11.4. The van der Waals surface area contributed by atoms with Gasteiger partial charge < -0.3 is 21.1 Å². The zero-order chi connectivity index (χ0) is 25.2. The number of carbonyl (C=O) groups excluding carboxylic acids is 1. The molecule has 4 heterocycles. The van der Waals surface area contributed by atoms with Gasteiger partial charge in [-0.05, 0) is 31.7 Å². The number of carbonyl (C=O) groups is 2. The number of halogens is 1. The molecular weight excluding hydrogens is 486 g/mol. The SMILES string of the molecule is Cn1cc(Nc2cc(-c3cnn4cc(Cl)cnc34)ncc2C(=O)NC2CCC(NC(=O)O)CC2)cn1. The fourth-order valence-corrected chi connectivity index (χ4v) is 4.52. The Bertz CT molecular complexity index is 1430. The second-order valence-corrected chi connectivity index (χ2v) is 9.15. The van der Waals surface area contributed by atoms with Crippen LogP contribution in [0.5, 0.6) is 0 Å². The number of carboxylic acid groups (broad SMARTS) is 1. The van der Waals surface area contributed by atoms with E-state index in [1.54, 1.807) is 46.2 Å². The Morgan fingerprint density at radius 3 is 2.44 bits per heavy atom. The molecule has 0 bridgehead atoms. The molecular formula is C23H24ClN9O3. The number of rotatable bonds is 6.